The van der Waals surface area contributed by atoms with Gasteiger partial charge < -0.3 is 15.0 Å². The molecule has 2 heterocycles. The van der Waals surface area contributed by atoms with E-state index in [0.29, 0.717) is 18.5 Å². The predicted octanol–water partition coefficient (Wildman–Crippen LogP) is 2.74. The lowest BCUT2D eigenvalue weighted by molar-refractivity contribution is -0.150. The zero-order chi connectivity index (χ0) is 15.9. The molecule has 0 radical (unpaired) electrons. The molecular formula is C17H20N2O3. The van der Waals surface area contributed by atoms with Crippen LogP contribution in [0.15, 0.2) is 30.5 Å². The lowest BCUT2D eigenvalue weighted by atomic mass is 9.76. The Morgan fingerprint density at radius 1 is 1.32 bits per heavy atom. The number of amides is 1. The Kier molecular flexibility index (Phi) is 3.43. The van der Waals surface area contributed by atoms with Crippen molar-refractivity contribution in [3.05, 3.63) is 36.0 Å². The molecule has 0 aliphatic carbocycles. The van der Waals surface area contributed by atoms with Gasteiger partial charge in [0.2, 0.25) is 0 Å². The molecule has 0 spiro atoms. The SMILES string of the molecule is CC(C)C1(C(=O)O)CCN(C(=O)c2ccc3[nH]ccc3c2)C1. The number of hydrogen-bond acceptors (Lipinski definition) is 2. The highest BCUT2D eigenvalue weighted by molar-refractivity contribution is 5.98. The largest absolute Gasteiger partial charge is 0.481 e. The van der Waals surface area contributed by atoms with Gasteiger partial charge in [0.1, 0.15) is 0 Å². The van der Waals surface area contributed by atoms with Crippen LogP contribution in [0.2, 0.25) is 0 Å². The van der Waals surface area contributed by atoms with Gasteiger partial charge in [0.05, 0.1) is 5.41 Å². The van der Waals surface area contributed by atoms with Crippen LogP contribution in [0.3, 0.4) is 0 Å². The summed E-state index contributed by atoms with van der Waals surface area (Å²) >= 11 is 0. The van der Waals surface area contributed by atoms with Crippen LogP contribution in [0.25, 0.3) is 10.9 Å². The molecule has 1 fully saturated rings. The number of likely N-dealkylation sites (tertiary alicyclic amines) is 1. The average Bonchev–Trinajstić information content (AvgIpc) is 3.13. The van der Waals surface area contributed by atoms with Gasteiger partial charge in [-0.05, 0) is 36.6 Å². The van der Waals surface area contributed by atoms with E-state index in [1.54, 1.807) is 11.0 Å². The first-order chi connectivity index (χ1) is 10.4. The second-order valence-corrected chi connectivity index (χ2v) is 6.37. The average molecular weight is 300 g/mol. The van der Waals surface area contributed by atoms with Crippen LogP contribution in [0.5, 0.6) is 0 Å². The van der Waals surface area contributed by atoms with Crippen molar-refractivity contribution >= 4 is 22.8 Å². The van der Waals surface area contributed by atoms with E-state index < -0.39 is 11.4 Å². The second kappa shape index (κ2) is 5.16. The standard InChI is InChI=1S/C17H20N2O3/c1-11(2)17(16(21)22)6-8-19(10-17)15(20)13-3-4-14-12(9-13)5-7-18-14/h3-5,7,9,11,18H,6,8,10H2,1-2H3,(H,21,22). The number of nitrogens with zero attached hydrogens (tertiary/aromatic N) is 1. The van der Waals surface area contributed by atoms with Gasteiger partial charge in [-0.15, -0.1) is 0 Å². The molecule has 1 aliphatic rings. The Morgan fingerprint density at radius 2 is 2.09 bits per heavy atom. The molecule has 1 aromatic heterocycles. The van der Waals surface area contributed by atoms with Crippen molar-refractivity contribution < 1.29 is 14.7 Å². The van der Waals surface area contributed by atoms with Gasteiger partial charge >= 0.3 is 5.97 Å². The highest BCUT2D eigenvalue weighted by Crippen LogP contribution is 2.38. The van der Waals surface area contributed by atoms with Crippen molar-refractivity contribution in [2.45, 2.75) is 20.3 Å². The minimum atomic E-state index is -0.826. The molecule has 1 aromatic carbocycles. The van der Waals surface area contributed by atoms with Gasteiger partial charge in [-0.3, -0.25) is 9.59 Å². The fourth-order valence-corrected chi connectivity index (χ4v) is 3.27. The number of fused-ring (bicyclic) bond motifs is 1. The molecule has 2 N–H and O–H groups in total. The number of aliphatic carboxylic acids is 1. The van der Waals surface area contributed by atoms with Crippen molar-refractivity contribution in [2.75, 3.05) is 13.1 Å². The zero-order valence-electron chi connectivity index (χ0n) is 12.8. The maximum atomic E-state index is 12.7. The summed E-state index contributed by atoms with van der Waals surface area (Å²) in [4.78, 5) is 29.1. The van der Waals surface area contributed by atoms with Crippen molar-refractivity contribution in [2.24, 2.45) is 11.3 Å². The number of rotatable bonds is 3. The van der Waals surface area contributed by atoms with E-state index in [-0.39, 0.29) is 18.4 Å². The third-order valence-electron chi connectivity index (χ3n) is 4.92. The predicted molar refractivity (Wildman–Crippen MR) is 83.7 cm³/mol. The summed E-state index contributed by atoms with van der Waals surface area (Å²) in [6, 6.07) is 7.44. The molecule has 1 unspecified atom stereocenters. The summed E-state index contributed by atoms with van der Waals surface area (Å²) in [5.41, 5.74) is 0.769. The molecule has 1 saturated heterocycles. The van der Waals surface area contributed by atoms with Crippen molar-refractivity contribution in [3.8, 4) is 0 Å². The van der Waals surface area contributed by atoms with E-state index in [2.05, 4.69) is 4.98 Å². The monoisotopic (exact) mass is 300 g/mol. The normalized spacial score (nSPS) is 21.7. The minimum Gasteiger partial charge on any atom is -0.481 e. The van der Waals surface area contributed by atoms with Gasteiger partial charge in [-0.25, -0.2) is 0 Å². The summed E-state index contributed by atoms with van der Waals surface area (Å²) in [5, 5.41) is 10.6. The van der Waals surface area contributed by atoms with E-state index in [9.17, 15) is 14.7 Å². The molecule has 5 nitrogen and oxygen atoms in total. The first-order valence-corrected chi connectivity index (χ1v) is 7.54. The zero-order valence-corrected chi connectivity index (χ0v) is 12.8. The molecule has 2 aromatic rings. The molecule has 22 heavy (non-hydrogen) atoms. The van der Waals surface area contributed by atoms with E-state index in [1.807, 2.05) is 38.2 Å². The number of aromatic amines is 1. The van der Waals surface area contributed by atoms with Crippen LogP contribution in [0, 0.1) is 11.3 Å². The van der Waals surface area contributed by atoms with Crippen molar-refractivity contribution in [3.63, 3.8) is 0 Å². The second-order valence-electron chi connectivity index (χ2n) is 6.37. The van der Waals surface area contributed by atoms with E-state index in [1.165, 1.54) is 0 Å². The lowest BCUT2D eigenvalue weighted by Gasteiger charge is -2.28. The van der Waals surface area contributed by atoms with Gasteiger partial charge in [0.25, 0.3) is 5.91 Å². The summed E-state index contributed by atoms with van der Waals surface area (Å²) in [6.45, 7) is 4.60. The molecule has 3 rings (SSSR count). The summed E-state index contributed by atoms with van der Waals surface area (Å²) in [5.74, 6) is -0.902. The van der Waals surface area contributed by atoms with Crippen molar-refractivity contribution in [1.29, 1.82) is 0 Å². The Bertz CT molecular complexity index is 734. The highest BCUT2D eigenvalue weighted by atomic mass is 16.4. The van der Waals surface area contributed by atoms with Crippen LogP contribution in [-0.2, 0) is 4.79 Å². The number of carboxylic acids is 1. The fourth-order valence-electron chi connectivity index (χ4n) is 3.27. The Hall–Kier alpha value is -2.30. The van der Waals surface area contributed by atoms with E-state index in [0.717, 1.165) is 10.9 Å². The minimum absolute atomic E-state index is 0.00467. The van der Waals surface area contributed by atoms with Crippen LogP contribution >= 0.6 is 0 Å². The quantitative estimate of drug-likeness (QED) is 0.915. The number of nitrogens with one attached hydrogen (secondary N) is 1. The third kappa shape index (κ3) is 2.17. The van der Waals surface area contributed by atoms with Gasteiger partial charge in [0.15, 0.2) is 0 Å². The topological polar surface area (TPSA) is 73.4 Å². The number of aromatic nitrogens is 1. The number of carbonyl (C=O) groups excluding carboxylic acids is 1. The molecule has 1 amide bonds. The van der Waals surface area contributed by atoms with E-state index in [4.69, 9.17) is 0 Å². The molecular weight excluding hydrogens is 280 g/mol. The number of H-pyrrole nitrogens is 1. The highest BCUT2D eigenvalue weighted by Gasteiger charge is 2.48. The lowest BCUT2D eigenvalue weighted by Crippen LogP contribution is -2.40. The summed E-state index contributed by atoms with van der Waals surface area (Å²) in [6.07, 6.45) is 2.35. The molecule has 5 heteroatoms. The Morgan fingerprint density at radius 3 is 2.73 bits per heavy atom. The molecule has 0 saturated carbocycles. The van der Waals surface area contributed by atoms with Crippen molar-refractivity contribution in [1.82, 2.24) is 9.88 Å². The van der Waals surface area contributed by atoms with Crippen LogP contribution in [-0.4, -0.2) is 40.0 Å². The van der Waals surface area contributed by atoms with E-state index >= 15 is 0 Å². The van der Waals surface area contributed by atoms with Gasteiger partial charge in [0, 0.05) is 35.8 Å². The van der Waals surface area contributed by atoms with Crippen LogP contribution in [0.4, 0.5) is 0 Å². The first-order valence-electron chi connectivity index (χ1n) is 7.54. The van der Waals surface area contributed by atoms with Gasteiger partial charge in [-0.2, -0.15) is 0 Å². The van der Waals surface area contributed by atoms with Gasteiger partial charge in [-0.1, -0.05) is 13.8 Å². The maximum absolute atomic E-state index is 12.7. The maximum Gasteiger partial charge on any atom is 0.311 e. The molecule has 116 valence electrons. The number of carbonyl (C=O) groups is 2. The molecule has 1 aliphatic heterocycles. The molecule has 1 atom stereocenters. The Balaban J connectivity index is 1.85. The number of benzene rings is 1. The summed E-state index contributed by atoms with van der Waals surface area (Å²) < 4.78 is 0. The smallest absolute Gasteiger partial charge is 0.311 e. The number of carboxylic acid groups (broad SMARTS) is 1. The third-order valence-corrected chi connectivity index (χ3v) is 4.92. The number of hydrogen-bond donors (Lipinski definition) is 2. The van der Waals surface area contributed by atoms with Crippen LogP contribution in [0.1, 0.15) is 30.6 Å². The first kappa shape index (κ1) is 14.6. The molecule has 0 bridgehead atoms. The fraction of sp³-hybridized carbons (Fsp3) is 0.412. The summed E-state index contributed by atoms with van der Waals surface area (Å²) in [7, 11) is 0. The van der Waals surface area contributed by atoms with Crippen LogP contribution < -0.4 is 0 Å². The Labute approximate surface area is 128 Å².